The first kappa shape index (κ1) is 19.4. The van der Waals surface area contributed by atoms with E-state index in [1.165, 1.54) is 0 Å². The number of carbonyl (C=O) groups excluding carboxylic acids is 1. The van der Waals surface area contributed by atoms with Crippen molar-refractivity contribution in [1.29, 1.82) is 0 Å². The van der Waals surface area contributed by atoms with Crippen LogP contribution in [0.3, 0.4) is 0 Å². The fourth-order valence-electron chi connectivity index (χ4n) is 4.85. The van der Waals surface area contributed by atoms with Crippen LogP contribution in [0.15, 0.2) is 72.8 Å². The zero-order valence-corrected chi connectivity index (χ0v) is 16.5. The molecule has 29 heavy (non-hydrogen) atoms. The molecule has 0 saturated carbocycles. The van der Waals surface area contributed by atoms with Gasteiger partial charge in [0.05, 0.1) is 11.8 Å². The number of carboxylic acids is 1. The Labute approximate surface area is 171 Å². The van der Waals surface area contributed by atoms with Gasteiger partial charge >= 0.3 is 5.97 Å². The molecular formula is C25H27NO3. The molecule has 2 aliphatic rings. The van der Waals surface area contributed by atoms with Crippen LogP contribution in [-0.2, 0) is 9.59 Å². The van der Waals surface area contributed by atoms with Crippen molar-refractivity contribution >= 4 is 11.9 Å². The van der Waals surface area contributed by atoms with Crippen LogP contribution in [0, 0.1) is 11.8 Å². The van der Waals surface area contributed by atoms with E-state index in [1.807, 2.05) is 71.6 Å². The first-order valence-electron chi connectivity index (χ1n) is 10.5. The molecular weight excluding hydrogens is 362 g/mol. The Kier molecular flexibility index (Phi) is 5.79. The predicted octanol–water partition coefficient (Wildman–Crippen LogP) is 4.45. The molecule has 4 heteroatoms. The van der Waals surface area contributed by atoms with Gasteiger partial charge in [-0.2, -0.15) is 0 Å². The Morgan fingerprint density at radius 3 is 1.69 bits per heavy atom. The standard InChI is InChI=1S/C25H27NO3/c27-24(26-16-8-3-9-17-26)22-20(18-10-4-1-5-11-18)14-15-21(23(22)25(28)29)19-12-6-2-7-13-19/h1-2,4-7,10-15,20-23H,3,8-9,16-17H2,(H,28,29). The van der Waals surface area contributed by atoms with E-state index in [0.29, 0.717) is 0 Å². The highest BCUT2D eigenvalue weighted by Gasteiger charge is 2.47. The summed E-state index contributed by atoms with van der Waals surface area (Å²) >= 11 is 0. The van der Waals surface area contributed by atoms with Gasteiger partial charge in [-0.25, -0.2) is 0 Å². The van der Waals surface area contributed by atoms with E-state index in [9.17, 15) is 14.7 Å². The molecule has 2 aromatic rings. The zero-order chi connectivity index (χ0) is 20.2. The van der Waals surface area contributed by atoms with Gasteiger partial charge in [-0.15, -0.1) is 0 Å². The molecule has 4 unspecified atom stereocenters. The maximum absolute atomic E-state index is 13.7. The molecule has 1 aliphatic carbocycles. The Bertz CT molecular complexity index is 871. The third kappa shape index (κ3) is 3.98. The number of aliphatic carboxylic acids is 1. The minimum absolute atomic E-state index is 0.0174. The van der Waals surface area contributed by atoms with Gasteiger partial charge in [0.25, 0.3) is 0 Å². The normalized spacial score (nSPS) is 26.8. The fourth-order valence-corrected chi connectivity index (χ4v) is 4.85. The van der Waals surface area contributed by atoms with Gasteiger partial charge in [-0.1, -0.05) is 72.8 Å². The van der Waals surface area contributed by atoms with Crippen molar-refractivity contribution < 1.29 is 14.7 Å². The number of hydrogen-bond donors (Lipinski definition) is 1. The summed E-state index contributed by atoms with van der Waals surface area (Å²) in [6.07, 6.45) is 7.16. The second-order valence-electron chi connectivity index (χ2n) is 8.03. The molecule has 150 valence electrons. The van der Waals surface area contributed by atoms with Gasteiger partial charge in [-0.05, 0) is 30.4 Å². The number of hydrogen-bond acceptors (Lipinski definition) is 2. The highest BCUT2D eigenvalue weighted by atomic mass is 16.4. The first-order chi connectivity index (χ1) is 14.2. The predicted molar refractivity (Wildman–Crippen MR) is 113 cm³/mol. The second-order valence-corrected chi connectivity index (χ2v) is 8.03. The lowest BCUT2D eigenvalue weighted by molar-refractivity contribution is -0.152. The van der Waals surface area contributed by atoms with Crippen LogP contribution in [0.2, 0.25) is 0 Å². The number of rotatable bonds is 4. The van der Waals surface area contributed by atoms with Crippen LogP contribution >= 0.6 is 0 Å². The topological polar surface area (TPSA) is 57.6 Å². The van der Waals surface area contributed by atoms with Crippen LogP contribution in [-0.4, -0.2) is 35.0 Å². The summed E-state index contributed by atoms with van der Waals surface area (Å²) in [5.41, 5.74) is 1.94. The van der Waals surface area contributed by atoms with Crippen molar-refractivity contribution in [1.82, 2.24) is 4.90 Å². The SMILES string of the molecule is O=C(O)C1C(c2ccccc2)C=CC(c2ccccc2)C1C(=O)N1CCCCC1. The lowest BCUT2D eigenvalue weighted by atomic mass is 9.66. The summed E-state index contributed by atoms with van der Waals surface area (Å²) in [7, 11) is 0. The molecule has 0 radical (unpaired) electrons. The molecule has 1 amide bonds. The van der Waals surface area contributed by atoms with Gasteiger partial charge in [0.1, 0.15) is 0 Å². The lowest BCUT2D eigenvalue weighted by Gasteiger charge is -2.40. The highest BCUT2D eigenvalue weighted by Crippen LogP contribution is 2.45. The second kappa shape index (κ2) is 8.64. The Morgan fingerprint density at radius 1 is 0.724 bits per heavy atom. The van der Waals surface area contributed by atoms with Gasteiger partial charge in [0.2, 0.25) is 5.91 Å². The summed E-state index contributed by atoms with van der Waals surface area (Å²) in [4.78, 5) is 28.1. The molecule has 1 heterocycles. The fraction of sp³-hybridized carbons (Fsp3) is 0.360. The number of carboxylic acid groups (broad SMARTS) is 1. The van der Waals surface area contributed by atoms with Crippen LogP contribution in [0.1, 0.15) is 42.2 Å². The number of likely N-dealkylation sites (tertiary alicyclic amines) is 1. The van der Waals surface area contributed by atoms with Crippen molar-refractivity contribution in [3.8, 4) is 0 Å². The molecule has 1 aliphatic heterocycles. The Balaban J connectivity index is 1.78. The van der Waals surface area contributed by atoms with Crippen molar-refractivity contribution in [3.63, 3.8) is 0 Å². The number of piperidine rings is 1. The van der Waals surface area contributed by atoms with Crippen molar-refractivity contribution in [2.24, 2.45) is 11.8 Å². The third-order valence-electron chi connectivity index (χ3n) is 6.29. The molecule has 0 aromatic heterocycles. The van der Waals surface area contributed by atoms with E-state index < -0.39 is 17.8 Å². The molecule has 1 fully saturated rings. The number of amides is 1. The average molecular weight is 389 g/mol. The highest BCUT2D eigenvalue weighted by molar-refractivity contribution is 5.87. The zero-order valence-electron chi connectivity index (χ0n) is 16.5. The Hall–Kier alpha value is -2.88. The van der Waals surface area contributed by atoms with Gasteiger partial charge in [0.15, 0.2) is 0 Å². The van der Waals surface area contributed by atoms with E-state index in [-0.39, 0.29) is 17.7 Å². The monoisotopic (exact) mass is 389 g/mol. The summed E-state index contributed by atoms with van der Waals surface area (Å²) in [6, 6.07) is 19.5. The third-order valence-corrected chi connectivity index (χ3v) is 6.29. The average Bonchev–Trinajstić information content (AvgIpc) is 2.79. The first-order valence-corrected chi connectivity index (χ1v) is 10.5. The number of carbonyl (C=O) groups is 2. The molecule has 0 spiro atoms. The van der Waals surface area contributed by atoms with Crippen LogP contribution in [0.25, 0.3) is 0 Å². The van der Waals surface area contributed by atoms with E-state index in [4.69, 9.17) is 0 Å². The van der Waals surface area contributed by atoms with Gasteiger partial charge < -0.3 is 10.0 Å². The molecule has 1 N–H and O–H groups in total. The van der Waals surface area contributed by atoms with Crippen molar-refractivity contribution in [2.45, 2.75) is 31.1 Å². The van der Waals surface area contributed by atoms with Crippen LogP contribution < -0.4 is 0 Å². The smallest absolute Gasteiger partial charge is 0.308 e. The summed E-state index contributed by atoms with van der Waals surface area (Å²) in [5, 5.41) is 10.2. The lowest BCUT2D eigenvalue weighted by Crippen LogP contribution is -2.48. The summed E-state index contributed by atoms with van der Waals surface area (Å²) < 4.78 is 0. The maximum Gasteiger partial charge on any atom is 0.308 e. The molecule has 0 bridgehead atoms. The van der Waals surface area contributed by atoms with Gasteiger partial charge in [-0.3, -0.25) is 9.59 Å². The molecule has 4 nitrogen and oxygen atoms in total. The quantitative estimate of drug-likeness (QED) is 0.786. The van der Waals surface area contributed by atoms with Crippen LogP contribution in [0.5, 0.6) is 0 Å². The van der Waals surface area contributed by atoms with Crippen LogP contribution in [0.4, 0.5) is 0 Å². The number of nitrogens with zero attached hydrogens (tertiary/aromatic N) is 1. The van der Waals surface area contributed by atoms with Gasteiger partial charge in [0, 0.05) is 24.9 Å². The number of benzene rings is 2. The Morgan fingerprint density at radius 2 is 1.21 bits per heavy atom. The summed E-state index contributed by atoms with van der Waals surface area (Å²) in [6.45, 7) is 1.45. The minimum atomic E-state index is -0.903. The maximum atomic E-state index is 13.7. The summed E-state index contributed by atoms with van der Waals surface area (Å²) in [5.74, 6) is -2.86. The van der Waals surface area contributed by atoms with E-state index in [2.05, 4.69) is 6.08 Å². The molecule has 2 aromatic carbocycles. The van der Waals surface area contributed by atoms with Crippen molar-refractivity contribution in [2.75, 3.05) is 13.1 Å². The molecule has 4 rings (SSSR count). The van der Waals surface area contributed by atoms with Crippen molar-refractivity contribution in [3.05, 3.63) is 83.9 Å². The largest absolute Gasteiger partial charge is 0.481 e. The minimum Gasteiger partial charge on any atom is -0.481 e. The molecule has 4 atom stereocenters. The number of allylic oxidation sites excluding steroid dienone is 2. The molecule has 1 saturated heterocycles. The van der Waals surface area contributed by atoms with E-state index >= 15 is 0 Å². The van der Waals surface area contributed by atoms with E-state index in [1.54, 1.807) is 0 Å². The van der Waals surface area contributed by atoms with E-state index in [0.717, 1.165) is 43.5 Å².